The van der Waals surface area contributed by atoms with Crippen molar-refractivity contribution in [3.63, 3.8) is 0 Å². The number of nitrogens with one attached hydrogen (secondary N) is 1. The number of rotatable bonds is 14. The van der Waals surface area contributed by atoms with Crippen molar-refractivity contribution in [1.82, 2.24) is 9.55 Å². The van der Waals surface area contributed by atoms with Gasteiger partial charge in [-0.1, -0.05) is 78.3 Å². The number of benzene rings is 4. The fourth-order valence-electron chi connectivity index (χ4n) is 6.70. The van der Waals surface area contributed by atoms with Crippen LogP contribution in [0.4, 0.5) is 0 Å². The Balaban J connectivity index is 1.30. The Morgan fingerprint density at radius 1 is 0.907 bits per heavy atom. The van der Waals surface area contributed by atoms with Gasteiger partial charge in [-0.25, -0.2) is 14.2 Å². The van der Waals surface area contributed by atoms with E-state index in [9.17, 15) is 19.0 Å². The quantitative estimate of drug-likeness (QED) is 0.0614. The van der Waals surface area contributed by atoms with E-state index in [2.05, 4.69) is 4.98 Å². The number of halogens is 1. The summed E-state index contributed by atoms with van der Waals surface area (Å²) in [5.74, 6) is 1.14. The molecule has 4 aromatic carbocycles. The molecular weight excluding hydrogens is 743 g/mol. The molecule has 54 heavy (non-hydrogen) atoms. The van der Waals surface area contributed by atoms with E-state index in [0.717, 1.165) is 21.3 Å². The maximum absolute atomic E-state index is 13.2. The second kappa shape index (κ2) is 15.2. The highest BCUT2D eigenvalue weighted by Crippen LogP contribution is 2.52. The molecule has 2 aliphatic rings. The summed E-state index contributed by atoms with van der Waals surface area (Å²) in [5, 5.41) is 0.0649. The first-order valence-electron chi connectivity index (χ1n) is 16.7. The van der Waals surface area contributed by atoms with Crippen LogP contribution in [0.3, 0.4) is 0 Å². The number of nitrogens with zero attached hydrogens (tertiary/aromatic N) is 1. The molecule has 16 heteroatoms. The van der Waals surface area contributed by atoms with Crippen molar-refractivity contribution in [3.05, 3.63) is 157 Å². The summed E-state index contributed by atoms with van der Waals surface area (Å²) in [6.07, 6.45) is -2.22. The van der Waals surface area contributed by atoms with Gasteiger partial charge >= 0.3 is 13.5 Å². The van der Waals surface area contributed by atoms with E-state index in [1.54, 1.807) is 26.4 Å². The number of phosphoric ester groups is 1. The molecule has 2 bridgehead atoms. The molecule has 2 fully saturated rings. The number of para-hydroxylation sites is 1. The first kappa shape index (κ1) is 37.6. The summed E-state index contributed by atoms with van der Waals surface area (Å²) in [5.41, 5.74) is -1.81. The highest BCUT2D eigenvalue weighted by atomic mass is 35.5. The van der Waals surface area contributed by atoms with Crippen LogP contribution in [0.25, 0.3) is 0 Å². The standard InChI is InChI=1S/C38H36ClN2O12P/c1-24-21-41(36(43)40-34(24)42)35-32-33(51-53-54(44,45)52-31-12-8-7-11-30(31)39)37(50-35,22-48-32)23-49-38(25-9-5-4-6-10-25,26-13-17-28(46-2)18-14-26)27-15-19-29(47-3)20-16-27/h4-21,32-33,35H,22-23H2,1-3H3,(H,44,45)(H,40,42,43)/t32-,33+,35+,37+/m0/s1. The third-order valence-electron chi connectivity index (χ3n) is 9.39. The number of phosphoric acid groups is 1. The molecular formula is C38H36ClN2O12P. The minimum Gasteiger partial charge on any atom is -0.497 e. The molecule has 5 atom stereocenters. The summed E-state index contributed by atoms with van der Waals surface area (Å²) in [7, 11) is -1.82. The van der Waals surface area contributed by atoms with Crippen LogP contribution in [0, 0.1) is 6.92 Å². The largest absolute Gasteiger partial charge is 0.555 e. The minimum absolute atomic E-state index is 0.0649. The number of H-pyrrole nitrogens is 1. The lowest BCUT2D eigenvalue weighted by molar-refractivity contribution is -0.284. The Bertz CT molecular complexity index is 2220. The molecule has 0 spiro atoms. The molecule has 3 heterocycles. The zero-order chi connectivity index (χ0) is 38.1. The topological polar surface area (TPSA) is 166 Å². The third-order valence-corrected chi connectivity index (χ3v) is 10.4. The van der Waals surface area contributed by atoms with E-state index in [-0.39, 0.29) is 29.5 Å². The number of methoxy groups -OCH3 is 2. The van der Waals surface area contributed by atoms with Crippen LogP contribution in [0.2, 0.25) is 5.02 Å². The Morgan fingerprint density at radius 3 is 2.11 bits per heavy atom. The smallest absolute Gasteiger partial charge is 0.497 e. The van der Waals surface area contributed by atoms with Crippen LogP contribution in [0.5, 0.6) is 17.2 Å². The SMILES string of the molecule is COc1ccc(C(OC[C@@]23CO[C@H]([C@H](n4cc(C)c(=O)[nH]c4=O)O2)[C@H]3OOP(=O)(O)Oc2ccccc2Cl)(c2ccccc2)c2ccc(OC)cc2)cc1. The second-order valence-electron chi connectivity index (χ2n) is 12.7. The normalized spacial score (nSPS) is 21.8. The lowest BCUT2D eigenvalue weighted by atomic mass is 9.79. The molecule has 14 nitrogen and oxygen atoms in total. The molecule has 1 unspecified atom stereocenters. The van der Waals surface area contributed by atoms with Crippen molar-refractivity contribution < 1.29 is 47.2 Å². The van der Waals surface area contributed by atoms with E-state index in [1.807, 2.05) is 78.9 Å². The van der Waals surface area contributed by atoms with E-state index in [1.165, 1.54) is 25.3 Å². The van der Waals surface area contributed by atoms with Crippen molar-refractivity contribution in [2.45, 2.75) is 36.6 Å². The van der Waals surface area contributed by atoms with Gasteiger partial charge < -0.3 is 28.2 Å². The maximum Gasteiger partial charge on any atom is 0.555 e. The number of aryl methyl sites for hydroxylation is 1. The van der Waals surface area contributed by atoms with Gasteiger partial charge in [0, 0.05) is 11.8 Å². The van der Waals surface area contributed by atoms with Crippen molar-refractivity contribution in [3.8, 4) is 17.2 Å². The molecule has 2 aliphatic heterocycles. The van der Waals surface area contributed by atoms with Crippen LogP contribution in [0.15, 0.2) is 119 Å². The summed E-state index contributed by atoms with van der Waals surface area (Å²) < 4.78 is 55.5. The fourth-order valence-corrected chi connectivity index (χ4v) is 7.57. The van der Waals surface area contributed by atoms with Gasteiger partial charge in [0.25, 0.3) is 5.56 Å². The van der Waals surface area contributed by atoms with Gasteiger partial charge in [-0.15, -0.1) is 4.67 Å². The average Bonchev–Trinajstić information content (AvgIpc) is 3.69. The molecule has 1 aromatic heterocycles. The van der Waals surface area contributed by atoms with E-state index < -0.39 is 48.7 Å². The predicted octanol–water partition coefficient (Wildman–Crippen LogP) is 5.69. The van der Waals surface area contributed by atoms with E-state index in [0.29, 0.717) is 11.5 Å². The zero-order valence-electron chi connectivity index (χ0n) is 29.2. The highest BCUT2D eigenvalue weighted by Gasteiger charge is 2.65. The van der Waals surface area contributed by atoms with Gasteiger partial charge in [-0.3, -0.25) is 19.2 Å². The lowest BCUT2D eigenvalue weighted by Crippen LogP contribution is -2.49. The average molecular weight is 779 g/mol. The van der Waals surface area contributed by atoms with Crippen LogP contribution < -0.4 is 25.2 Å². The van der Waals surface area contributed by atoms with Crippen LogP contribution in [0.1, 0.15) is 28.5 Å². The summed E-state index contributed by atoms with van der Waals surface area (Å²) in [4.78, 5) is 44.1. The van der Waals surface area contributed by atoms with Crippen molar-refractivity contribution in [2.24, 2.45) is 0 Å². The fraction of sp³-hybridized carbons (Fsp3) is 0.263. The van der Waals surface area contributed by atoms with Gasteiger partial charge in [0.05, 0.1) is 32.5 Å². The van der Waals surface area contributed by atoms with Crippen LogP contribution in [-0.4, -0.2) is 59.7 Å². The molecule has 0 aliphatic carbocycles. The minimum atomic E-state index is -4.97. The molecule has 2 N–H and O–H groups in total. The summed E-state index contributed by atoms with van der Waals surface area (Å²) >= 11 is 6.15. The number of hydrogen-bond donors (Lipinski definition) is 2. The van der Waals surface area contributed by atoms with Gasteiger partial charge in [0.15, 0.2) is 12.3 Å². The Hall–Kier alpha value is -4.76. The monoisotopic (exact) mass is 778 g/mol. The van der Waals surface area contributed by atoms with Crippen LogP contribution >= 0.6 is 19.4 Å². The molecule has 282 valence electrons. The third kappa shape index (κ3) is 7.10. The highest BCUT2D eigenvalue weighted by molar-refractivity contribution is 7.47. The Morgan fingerprint density at radius 2 is 1.50 bits per heavy atom. The van der Waals surface area contributed by atoms with Gasteiger partial charge in [0.1, 0.15) is 34.6 Å². The number of hydrogen-bond acceptors (Lipinski definition) is 11. The zero-order valence-corrected chi connectivity index (χ0v) is 30.9. The van der Waals surface area contributed by atoms with E-state index >= 15 is 0 Å². The number of aromatic amines is 1. The number of fused-ring (bicyclic) bond motifs is 2. The molecule has 2 saturated heterocycles. The molecule has 0 radical (unpaired) electrons. The van der Waals surface area contributed by atoms with Crippen LogP contribution in [-0.2, 0) is 33.9 Å². The Kier molecular flexibility index (Phi) is 10.5. The predicted molar refractivity (Wildman–Crippen MR) is 195 cm³/mol. The molecule has 0 saturated carbocycles. The van der Waals surface area contributed by atoms with Gasteiger partial charge in [-0.05, 0) is 60.0 Å². The van der Waals surface area contributed by atoms with Crippen molar-refractivity contribution in [2.75, 3.05) is 27.4 Å². The first-order valence-corrected chi connectivity index (χ1v) is 18.6. The molecule has 7 rings (SSSR count). The number of ether oxygens (including phenoxy) is 5. The van der Waals surface area contributed by atoms with Gasteiger partial charge in [0.2, 0.25) is 0 Å². The summed E-state index contributed by atoms with van der Waals surface area (Å²) in [6, 6.07) is 30.4. The van der Waals surface area contributed by atoms with Crippen molar-refractivity contribution in [1.29, 1.82) is 0 Å². The van der Waals surface area contributed by atoms with Crippen molar-refractivity contribution >= 4 is 19.4 Å². The lowest BCUT2D eigenvalue weighted by Gasteiger charge is -2.40. The first-order chi connectivity index (χ1) is 26.0. The Labute approximate surface area is 314 Å². The second-order valence-corrected chi connectivity index (χ2v) is 14.4. The van der Waals surface area contributed by atoms with Gasteiger partial charge in [-0.2, -0.15) is 0 Å². The molecule has 5 aromatic rings. The number of aromatic nitrogens is 2. The summed E-state index contributed by atoms with van der Waals surface area (Å²) in [6.45, 7) is 1.11. The molecule has 0 amide bonds. The van der Waals surface area contributed by atoms with E-state index in [4.69, 9.17) is 49.4 Å². The maximum atomic E-state index is 13.2.